The van der Waals surface area contributed by atoms with Gasteiger partial charge in [0.15, 0.2) is 5.69 Å². The van der Waals surface area contributed by atoms with Crippen LogP contribution in [0.25, 0.3) is 11.0 Å². The van der Waals surface area contributed by atoms with Crippen LogP contribution in [0.2, 0.25) is 0 Å². The Morgan fingerprint density at radius 3 is 2.79 bits per heavy atom. The lowest BCUT2D eigenvalue weighted by molar-refractivity contribution is 0.0988. The van der Waals surface area contributed by atoms with Crippen molar-refractivity contribution >= 4 is 38.6 Å². The number of nitrogens with one attached hydrogen (secondary N) is 2. The maximum absolute atomic E-state index is 15.0. The molecule has 2 aromatic carbocycles. The van der Waals surface area contributed by atoms with E-state index in [1.54, 1.807) is 23.4 Å². The van der Waals surface area contributed by atoms with Crippen LogP contribution in [-0.2, 0) is 0 Å². The molecule has 0 bridgehead atoms. The van der Waals surface area contributed by atoms with Gasteiger partial charge in [0.1, 0.15) is 5.82 Å². The van der Waals surface area contributed by atoms with E-state index in [4.69, 9.17) is 0 Å². The number of carbonyl (C=O) groups excluding carboxylic acids is 1. The number of carbonyl (C=O) groups is 1. The first kappa shape index (κ1) is 18.1. The molecule has 1 unspecified atom stereocenters. The van der Waals surface area contributed by atoms with Crippen LogP contribution in [0.1, 0.15) is 53.1 Å². The first-order chi connectivity index (χ1) is 14.0. The van der Waals surface area contributed by atoms with Crippen molar-refractivity contribution in [2.75, 3.05) is 4.90 Å². The second kappa shape index (κ2) is 6.52. The Balaban J connectivity index is 1.75. The third-order valence-corrected chi connectivity index (χ3v) is 5.80. The minimum atomic E-state index is -0.609. The molecule has 1 aliphatic rings. The molecule has 3 heterocycles. The van der Waals surface area contributed by atoms with Crippen LogP contribution in [0.5, 0.6) is 0 Å². The summed E-state index contributed by atoms with van der Waals surface area (Å²) in [5.41, 5.74) is 4.60. The number of amides is 1. The van der Waals surface area contributed by atoms with Gasteiger partial charge in [-0.15, -0.1) is 0 Å². The van der Waals surface area contributed by atoms with Gasteiger partial charge in [-0.05, 0) is 36.2 Å². The number of aromatic amines is 2. The number of nitrogens with zero attached hydrogens (tertiary/aromatic N) is 3. The molecule has 1 amide bonds. The number of anilines is 1. The van der Waals surface area contributed by atoms with E-state index < -0.39 is 6.04 Å². The fourth-order valence-electron chi connectivity index (χ4n) is 3.96. The molecule has 0 saturated carbocycles. The number of aromatic nitrogens is 4. The van der Waals surface area contributed by atoms with E-state index >= 15 is 4.39 Å². The highest BCUT2D eigenvalue weighted by atomic mass is 79.9. The molecule has 0 fully saturated rings. The normalized spacial score (nSPS) is 16.2. The van der Waals surface area contributed by atoms with Crippen LogP contribution in [-0.4, -0.2) is 26.1 Å². The second-order valence-electron chi connectivity index (χ2n) is 7.40. The predicted octanol–water partition coefficient (Wildman–Crippen LogP) is 5.06. The molecular formula is C21H17BrFN5O. The van der Waals surface area contributed by atoms with Gasteiger partial charge in [-0.2, -0.15) is 5.10 Å². The fourth-order valence-corrected chi connectivity index (χ4v) is 4.30. The van der Waals surface area contributed by atoms with Crippen molar-refractivity contribution < 1.29 is 9.18 Å². The van der Waals surface area contributed by atoms with Crippen molar-refractivity contribution in [1.82, 2.24) is 20.2 Å². The lowest BCUT2D eigenvalue weighted by Crippen LogP contribution is -2.30. The first-order valence-corrected chi connectivity index (χ1v) is 10.0. The van der Waals surface area contributed by atoms with Crippen molar-refractivity contribution in [2.24, 2.45) is 0 Å². The molecule has 1 atom stereocenters. The molecule has 0 radical (unpaired) electrons. The van der Waals surface area contributed by atoms with Gasteiger partial charge in [-0.3, -0.25) is 14.8 Å². The summed E-state index contributed by atoms with van der Waals surface area (Å²) >= 11 is 3.31. The van der Waals surface area contributed by atoms with Gasteiger partial charge in [0.2, 0.25) is 0 Å². The Bertz CT molecular complexity index is 1260. The minimum absolute atomic E-state index is 0.107. The third kappa shape index (κ3) is 2.70. The van der Waals surface area contributed by atoms with Crippen molar-refractivity contribution in [1.29, 1.82) is 0 Å². The standard InChI is InChI=1S/C21H17BrFN5O/c1-10(2)18-17-19(27-26-18)21(29)28(12-4-6-15-16(8-12)25-9-24-15)20(17)13-5-3-11(22)7-14(13)23/h3-10,20H,1-2H3,(H,24,25)(H,26,27). The molecule has 8 heteroatoms. The first-order valence-electron chi connectivity index (χ1n) is 9.25. The number of hydrogen-bond acceptors (Lipinski definition) is 3. The molecule has 1 aliphatic heterocycles. The Hall–Kier alpha value is -3.00. The molecule has 2 aromatic heterocycles. The summed E-state index contributed by atoms with van der Waals surface area (Å²) in [6.07, 6.45) is 1.61. The lowest BCUT2D eigenvalue weighted by Gasteiger charge is -2.27. The minimum Gasteiger partial charge on any atom is -0.345 e. The Morgan fingerprint density at radius 1 is 1.21 bits per heavy atom. The van der Waals surface area contributed by atoms with Gasteiger partial charge in [0, 0.05) is 27.0 Å². The van der Waals surface area contributed by atoms with Crippen LogP contribution < -0.4 is 4.90 Å². The molecule has 4 aromatic rings. The molecule has 2 N–H and O–H groups in total. The van der Waals surface area contributed by atoms with Crippen LogP contribution in [0, 0.1) is 5.82 Å². The van der Waals surface area contributed by atoms with Gasteiger partial charge in [-0.1, -0.05) is 35.8 Å². The lowest BCUT2D eigenvalue weighted by atomic mass is 9.94. The monoisotopic (exact) mass is 453 g/mol. The number of halogens is 2. The molecular weight excluding hydrogens is 437 g/mol. The molecule has 29 heavy (non-hydrogen) atoms. The van der Waals surface area contributed by atoms with Gasteiger partial charge < -0.3 is 4.98 Å². The Kier molecular flexibility index (Phi) is 4.06. The van der Waals surface area contributed by atoms with Crippen LogP contribution >= 0.6 is 15.9 Å². The zero-order valence-corrected chi connectivity index (χ0v) is 17.3. The number of benzene rings is 2. The maximum atomic E-state index is 15.0. The number of hydrogen-bond donors (Lipinski definition) is 2. The van der Waals surface area contributed by atoms with Crippen LogP contribution in [0.4, 0.5) is 10.1 Å². The number of fused-ring (bicyclic) bond motifs is 2. The van der Waals surface area contributed by atoms with Crippen molar-refractivity contribution in [2.45, 2.75) is 25.8 Å². The van der Waals surface area contributed by atoms with E-state index in [1.807, 2.05) is 32.0 Å². The summed E-state index contributed by atoms with van der Waals surface area (Å²) in [6.45, 7) is 4.04. The second-order valence-corrected chi connectivity index (χ2v) is 8.32. The Labute approximate surface area is 174 Å². The third-order valence-electron chi connectivity index (χ3n) is 5.30. The van der Waals surface area contributed by atoms with E-state index in [9.17, 15) is 4.79 Å². The summed E-state index contributed by atoms with van der Waals surface area (Å²) in [6, 6.07) is 9.84. The van der Waals surface area contributed by atoms with E-state index in [2.05, 4.69) is 36.1 Å². The molecule has 6 nitrogen and oxygen atoms in total. The maximum Gasteiger partial charge on any atom is 0.280 e. The van der Waals surface area contributed by atoms with Crippen molar-refractivity contribution in [3.8, 4) is 0 Å². The average molecular weight is 454 g/mol. The summed E-state index contributed by atoms with van der Waals surface area (Å²) < 4.78 is 15.7. The van der Waals surface area contributed by atoms with Crippen LogP contribution in [0.3, 0.4) is 0 Å². The zero-order valence-electron chi connectivity index (χ0n) is 15.7. The van der Waals surface area contributed by atoms with E-state index in [0.29, 0.717) is 21.4 Å². The predicted molar refractivity (Wildman–Crippen MR) is 112 cm³/mol. The average Bonchev–Trinajstić information content (AvgIpc) is 3.37. The van der Waals surface area contributed by atoms with Crippen molar-refractivity contribution in [3.05, 3.63) is 75.5 Å². The fraction of sp³-hybridized carbons (Fsp3) is 0.190. The summed E-state index contributed by atoms with van der Waals surface area (Å²) in [4.78, 5) is 22.3. The van der Waals surface area contributed by atoms with E-state index in [-0.39, 0.29) is 17.6 Å². The quantitative estimate of drug-likeness (QED) is 0.454. The molecule has 0 saturated heterocycles. The van der Waals surface area contributed by atoms with Gasteiger partial charge in [-0.25, -0.2) is 9.37 Å². The highest BCUT2D eigenvalue weighted by Gasteiger charge is 2.44. The van der Waals surface area contributed by atoms with Gasteiger partial charge in [0.05, 0.1) is 23.4 Å². The summed E-state index contributed by atoms with van der Waals surface area (Å²) in [5.74, 6) is -0.530. The topological polar surface area (TPSA) is 77.7 Å². The molecule has 5 rings (SSSR count). The highest BCUT2D eigenvalue weighted by molar-refractivity contribution is 9.10. The number of rotatable bonds is 3. The SMILES string of the molecule is CC(C)c1[nH]nc2c1C(c1ccc(Br)cc1F)N(c1ccc3nc[nH]c3c1)C2=O. The summed E-state index contributed by atoms with van der Waals surface area (Å²) in [7, 11) is 0. The van der Waals surface area contributed by atoms with Gasteiger partial charge >= 0.3 is 0 Å². The van der Waals surface area contributed by atoms with E-state index in [0.717, 1.165) is 22.3 Å². The number of H-pyrrole nitrogens is 2. The largest absolute Gasteiger partial charge is 0.345 e. The summed E-state index contributed by atoms with van der Waals surface area (Å²) in [5, 5.41) is 7.27. The van der Waals surface area contributed by atoms with Crippen LogP contribution in [0.15, 0.2) is 47.2 Å². The molecule has 146 valence electrons. The van der Waals surface area contributed by atoms with Crippen molar-refractivity contribution in [3.63, 3.8) is 0 Å². The molecule has 0 spiro atoms. The smallest absolute Gasteiger partial charge is 0.280 e. The molecule has 0 aliphatic carbocycles. The Morgan fingerprint density at radius 2 is 2.03 bits per heavy atom. The van der Waals surface area contributed by atoms with Gasteiger partial charge in [0.25, 0.3) is 5.91 Å². The van der Waals surface area contributed by atoms with E-state index in [1.165, 1.54) is 6.07 Å². The zero-order chi connectivity index (χ0) is 20.3. The number of imidazole rings is 1. The highest BCUT2D eigenvalue weighted by Crippen LogP contribution is 2.45.